The van der Waals surface area contributed by atoms with Gasteiger partial charge in [-0.05, 0) is 19.9 Å². The highest BCUT2D eigenvalue weighted by Crippen LogP contribution is 1.85. The van der Waals surface area contributed by atoms with E-state index < -0.39 is 6.10 Å². The van der Waals surface area contributed by atoms with Crippen LogP contribution in [-0.2, 0) is 9.47 Å². The maximum absolute atomic E-state index is 9.41. The van der Waals surface area contributed by atoms with Gasteiger partial charge in [0.05, 0.1) is 25.9 Å². The lowest BCUT2D eigenvalue weighted by Gasteiger charge is -2.12. The molecule has 1 atom stereocenters. The summed E-state index contributed by atoms with van der Waals surface area (Å²) in [6.45, 7) is 5.41. The van der Waals surface area contributed by atoms with Crippen LogP contribution in [0.15, 0.2) is 0 Å². The predicted octanol–water partition coefficient (Wildman–Crippen LogP) is -0.628. The van der Waals surface area contributed by atoms with Gasteiger partial charge >= 0.3 is 0 Å². The first-order valence-corrected chi connectivity index (χ1v) is 5.46. The van der Waals surface area contributed by atoms with E-state index in [0.717, 1.165) is 0 Å². The van der Waals surface area contributed by atoms with Crippen molar-refractivity contribution in [1.82, 2.24) is 5.32 Å². The van der Waals surface area contributed by atoms with Gasteiger partial charge in [0.1, 0.15) is 0 Å². The Hall–Kier alpha value is -0.200. The van der Waals surface area contributed by atoms with E-state index in [2.05, 4.69) is 5.32 Å². The lowest BCUT2D eigenvalue weighted by Crippen LogP contribution is -2.31. The first kappa shape index (κ1) is 14.8. The molecule has 0 aliphatic rings. The minimum absolute atomic E-state index is 0.175. The van der Waals surface area contributed by atoms with Crippen LogP contribution >= 0.6 is 0 Å². The Morgan fingerprint density at radius 1 is 1.27 bits per heavy atom. The Bertz CT molecular complexity index is 124. The molecule has 0 aliphatic carbocycles. The second-order valence-electron chi connectivity index (χ2n) is 3.21. The van der Waals surface area contributed by atoms with Crippen LogP contribution in [0.5, 0.6) is 0 Å². The van der Waals surface area contributed by atoms with Crippen molar-refractivity contribution < 1.29 is 19.7 Å². The van der Waals surface area contributed by atoms with Gasteiger partial charge in [0.15, 0.2) is 0 Å². The number of aliphatic hydroxyl groups is 2. The van der Waals surface area contributed by atoms with Gasteiger partial charge in [-0.25, -0.2) is 0 Å². The average molecular weight is 221 g/mol. The maximum Gasteiger partial charge on any atom is 0.0897 e. The van der Waals surface area contributed by atoms with Crippen molar-refractivity contribution in [3.05, 3.63) is 0 Å². The number of ether oxygens (including phenoxy) is 2. The number of aliphatic hydroxyl groups excluding tert-OH is 2. The molecule has 0 heterocycles. The molecule has 0 saturated carbocycles. The first-order chi connectivity index (χ1) is 7.31. The molecule has 3 N–H and O–H groups in total. The molecule has 0 fully saturated rings. The van der Waals surface area contributed by atoms with E-state index in [4.69, 9.17) is 14.6 Å². The van der Waals surface area contributed by atoms with Crippen LogP contribution in [0.3, 0.4) is 0 Å². The fourth-order valence-corrected chi connectivity index (χ4v) is 1.01. The lowest BCUT2D eigenvalue weighted by molar-refractivity contribution is 0.00649. The maximum atomic E-state index is 9.41. The van der Waals surface area contributed by atoms with Crippen molar-refractivity contribution in [2.75, 3.05) is 46.1 Å². The summed E-state index contributed by atoms with van der Waals surface area (Å²) in [5, 5.41) is 20.9. The molecule has 0 rings (SSSR count). The normalized spacial score (nSPS) is 13.0. The largest absolute Gasteiger partial charge is 0.396 e. The number of rotatable bonds is 11. The van der Waals surface area contributed by atoms with Crippen molar-refractivity contribution in [3.63, 3.8) is 0 Å². The van der Waals surface area contributed by atoms with Crippen molar-refractivity contribution in [2.45, 2.75) is 19.4 Å². The quantitative estimate of drug-likeness (QED) is 0.405. The summed E-state index contributed by atoms with van der Waals surface area (Å²) in [6, 6.07) is 0. The Morgan fingerprint density at radius 2 is 2.00 bits per heavy atom. The second-order valence-corrected chi connectivity index (χ2v) is 3.21. The number of nitrogens with one attached hydrogen (secondary N) is 1. The molecule has 0 spiro atoms. The van der Waals surface area contributed by atoms with Gasteiger partial charge in [0, 0.05) is 19.8 Å². The molecule has 0 amide bonds. The summed E-state index contributed by atoms with van der Waals surface area (Å²) < 4.78 is 10.3. The van der Waals surface area contributed by atoms with Crippen molar-refractivity contribution >= 4 is 0 Å². The molecule has 5 nitrogen and oxygen atoms in total. The summed E-state index contributed by atoms with van der Waals surface area (Å²) >= 11 is 0. The molecular weight excluding hydrogens is 198 g/mol. The van der Waals surface area contributed by atoms with E-state index in [1.807, 2.05) is 6.92 Å². The van der Waals surface area contributed by atoms with Crippen molar-refractivity contribution in [2.24, 2.45) is 0 Å². The van der Waals surface area contributed by atoms with E-state index in [9.17, 15) is 5.11 Å². The third-order valence-corrected chi connectivity index (χ3v) is 1.78. The lowest BCUT2D eigenvalue weighted by atomic mass is 10.3. The summed E-state index contributed by atoms with van der Waals surface area (Å²) in [5.41, 5.74) is 0. The molecule has 0 aromatic heterocycles. The van der Waals surface area contributed by atoms with Gasteiger partial charge in [0.25, 0.3) is 0 Å². The van der Waals surface area contributed by atoms with Crippen LogP contribution in [-0.4, -0.2) is 62.4 Å². The summed E-state index contributed by atoms with van der Waals surface area (Å²) in [5.74, 6) is 0. The van der Waals surface area contributed by atoms with Crippen LogP contribution in [0.4, 0.5) is 0 Å². The summed E-state index contributed by atoms with van der Waals surface area (Å²) in [7, 11) is 0. The van der Waals surface area contributed by atoms with Gasteiger partial charge in [-0.2, -0.15) is 0 Å². The fraction of sp³-hybridized carbons (Fsp3) is 1.00. The number of hydrogen-bond donors (Lipinski definition) is 3. The zero-order chi connectivity index (χ0) is 11.4. The van der Waals surface area contributed by atoms with Crippen LogP contribution in [0.25, 0.3) is 0 Å². The first-order valence-electron chi connectivity index (χ1n) is 5.46. The Kier molecular flexibility index (Phi) is 11.7. The van der Waals surface area contributed by atoms with E-state index in [-0.39, 0.29) is 6.61 Å². The van der Waals surface area contributed by atoms with Crippen LogP contribution in [0, 0.1) is 0 Å². The molecule has 0 radical (unpaired) electrons. The minimum Gasteiger partial charge on any atom is -0.396 e. The van der Waals surface area contributed by atoms with Crippen molar-refractivity contribution in [1.29, 1.82) is 0 Å². The van der Waals surface area contributed by atoms with Crippen LogP contribution < -0.4 is 5.32 Å². The molecule has 0 aromatic rings. The molecule has 15 heavy (non-hydrogen) atoms. The fourth-order valence-electron chi connectivity index (χ4n) is 1.01. The Balaban J connectivity index is 3.08. The molecule has 0 bridgehead atoms. The van der Waals surface area contributed by atoms with Gasteiger partial charge in [-0.3, -0.25) is 0 Å². The highest BCUT2D eigenvalue weighted by atomic mass is 16.5. The Labute approximate surface area is 91.4 Å². The monoisotopic (exact) mass is 221 g/mol. The van der Waals surface area contributed by atoms with Gasteiger partial charge < -0.3 is 25.0 Å². The second kappa shape index (κ2) is 11.9. The highest BCUT2D eigenvalue weighted by molar-refractivity contribution is 4.57. The summed E-state index contributed by atoms with van der Waals surface area (Å²) in [4.78, 5) is 0. The topological polar surface area (TPSA) is 71.0 Å². The van der Waals surface area contributed by atoms with E-state index in [0.29, 0.717) is 45.9 Å². The predicted molar refractivity (Wildman–Crippen MR) is 57.9 cm³/mol. The minimum atomic E-state index is -0.495. The van der Waals surface area contributed by atoms with E-state index in [1.54, 1.807) is 0 Å². The third-order valence-electron chi connectivity index (χ3n) is 1.78. The Morgan fingerprint density at radius 3 is 2.67 bits per heavy atom. The zero-order valence-electron chi connectivity index (χ0n) is 9.45. The molecular formula is C10H23NO4. The van der Waals surface area contributed by atoms with Gasteiger partial charge in [0.2, 0.25) is 0 Å². The van der Waals surface area contributed by atoms with Crippen molar-refractivity contribution in [3.8, 4) is 0 Å². The molecule has 0 saturated heterocycles. The zero-order valence-corrected chi connectivity index (χ0v) is 9.45. The van der Waals surface area contributed by atoms with Gasteiger partial charge in [-0.1, -0.05) is 0 Å². The molecule has 92 valence electrons. The molecule has 5 heteroatoms. The standard InChI is InChI=1S/C10H23NO4/c1-2-14-6-7-15-9-10(13)8-11-4-3-5-12/h10-13H,2-9H2,1H3. The van der Waals surface area contributed by atoms with Gasteiger partial charge in [-0.15, -0.1) is 0 Å². The molecule has 0 aromatic carbocycles. The number of hydrogen-bond acceptors (Lipinski definition) is 5. The molecule has 1 unspecified atom stereocenters. The smallest absolute Gasteiger partial charge is 0.0897 e. The molecule has 0 aliphatic heterocycles. The SMILES string of the molecule is CCOCCOCC(O)CNCCCO. The van der Waals surface area contributed by atoms with E-state index >= 15 is 0 Å². The van der Waals surface area contributed by atoms with Crippen LogP contribution in [0.2, 0.25) is 0 Å². The highest BCUT2D eigenvalue weighted by Gasteiger charge is 2.02. The van der Waals surface area contributed by atoms with E-state index in [1.165, 1.54) is 0 Å². The third kappa shape index (κ3) is 11.7. The average Bonchev–Trinajstić information content (AvgIpc) is 2.24. The van der Waals surface area contributed by atoms with Crippen LogP contribution in [0.1, 0.15) is 13.3 Å². The summed E-state index contributed by atoms with van der Waals surface area (Å²) in [6.07, 6.45) is 0.211.